The van der Waals surface area contributed by atoms with E-state index in [4.69, 9.17) is 4.74 Å². The summed E-state index contributed by atoms with van der Waals surface area (Å²) in [6.07, 6.45) is 2.02. The molecule has 1 aliphatic carbocycles. The van der Waals surface area contributed by atoms with Gasteiger partial charge in [-0.05, 0) is 33.1 Å². The van der Waals surface area contributed by atoms with Crippen molar-refractivity contribution >= 4 is 6.09 Å². The number of hydrogen-bond acceptors (Lipinski definition) is 3. The Morgan fingerprint density at radius 2 is 2.23 bits per heavy atom. The summed E-state index contributed by atoms with van der Waals surface area (Å²) in [6, 6.07) is 0. The first-order valence-corrected chi connectivity index (χ1v) is 4.69. The molecule has 1 aliphatic rings. The number of carbonyl (C=O) groups excluding carboxylic acids is 1. The van der Waals surface area contributed by atoms with Crippen LogP contribution in [0.3, 0.4) is 0 Å². The second-order valence-electron chi connectivity index (χ2n) is 3.89. The number of ether oxygens (including phenoxy) is 1. The monoisotopic (exact) mass is 187 g/mol. The number of aliphatic hydroxyl groups is 1. The fourth-order valence-electron chi connectivity index (χ4n) is 1.25. The van der Waals surface area contributed by atoms with Gasteiger partial charge in [-0.1, -0.05) is 0 Å². The number of alkyl carbamates (subject to hydrolysis) is 1. The van der Waals surface area contributed by atoms with Crippen molar-refractivity contribution in [2.75, 3.05) is 6.54 Å². The third kappa shape index (κ3) is 3.22. The molecule has 1 amide bonds. The van der Waals surface area contributed by atoms with Crippen LogP contribution in [0, 0.1) is 0 Å². The van der Waals surface area contributed by atoms with Crippen LogP contribution >= 0.6 is 0 Å². The molecule has 0 atom stereocenters. The minimum atomic E-state index is -0.671. The van der Waals surface area contributed by atoms with Gasteiger partial charge >= 0.3 is 6.09 Å². The highest BCUT2D eigenvalue weighted by Crippen LogP contribution is 2.30. The van der Waals surface area contributed by atoms with E-state index in [1.165, 1.54) is 0 Å². The lowest BCUT2D eigenvalue weighted by atomic mass is 9.80. The summed E-state index contributed by atoms with van der Waals surface area (Å²) in [5.74, 6) is 0. The molecule has 0 aliphatic heterocycles. The van der Waals surface area contributed by atoms with Crippen LogP contribution in [0.4, 0.5) is 4.79 Å². The molecule has 4 nitrogen and oxygen atoms in total. The van der Waals surface area contributed by atoms with Crippen LogP contribution in [0.5, 0.6) is 0 Å². The standard InChI is InChI=1S/C9H17NO3/c1-7(2)13-8(11)10-6-9(12)4-3-5-9/h7,12H,3-6H2,1-2H3,(H,10,11). The smallest absolute Gasteiger partial charge is 0.407 e. The van der Waals surface area contributed by atoms with E-state index in [1.807, 2.05) is 0 Å². The third-order valence-electron chi connectivity index (χ3n) is 2.19. The summed E-state index contributed by atoms with van der Waals surface area (Å²) in [6.45, 7) is 3.88. The Labute approximate surface area is 78.3 Å². The molecule has 0 aromatic heterocycles. The lowest BCUT2D eigenvalue weighted by Gasteiger charge is -2.36. The summed E-state index contributed by atoms with van der Waals surface area (Å²) < 4.78 is 4.85. The molecule has 0 bridgehead atoms. The van der Waals surface area contributed by atoms with Crippen molar-refractivity contribution in [2.45, 2.75) is 44.8 Å². The van der Waals surface area contributed by atoms with Crippen LogP contribution in [0.15, 0.2) is 0 Å². The zero-order valence-corrected chi connectivity index (χ0v) is 8.17. The van der Waals surface area contributed by atoms with Gasteiger partial charge in [-0.2, -0.15) is 0 Å². The third-order valence-corrected chi connectivity index (χ3v) is 2.19. The van der Waals surface area contributed by atoms with Crippen molar-refractivity contribution in [1.82, 2.24) is 5.32 Å². The van der Waals surface area contributed by atoms with Crippen molar-refractivity contribution in [3.8, 4) is 0 Å². The minimum absolute atomic E-state index is 0.115. The predicted octanol–water partition coefficient (Wildman–Crippen LogP) is 1.04. The van der Waals surface area contributed by atoms with E-state index < -0.39 is 11.7 Å². The lowest BCUT2D eigenvalue weighted by molar-refractivity contribution is -0.0316. The zero-order chi connectivity index (χ0) is 9.90. The Balaban J connectivity index is 2.14. The zero-order valence-electron chi connectivity index (χ0n) is 8.17. The second-order valence-corrected chi connectivity index (χ2v) is 3.89. The molecule has 2 N–H and O–H groups in total. The van der Waals surface area contributed by atoms with Crippen molar-refractivity contribution < 1.29 is 14.6 Å². The van der Waals surface area contributed by atoms with Crippen molar-refractivity contribution in [3.63, 3.8) is 0 Å². The van der Waals surface area contributed by atoms with Gasteiger partial charge in [0.15, 0.2) is 0 Å². The summed E-state index contributed by atoms with van der Waals surface area (Å²) in [5.41, 5.74) is -0.671. The Bertz CT molecular complexity index is 187. The Kier molecular flexibility index (Phi) is 3.14. The normalized spacial score (nSPS) is 19.4. The maximum Gasteiger partial charge on any atom is 0.407 e. The van der Waals surface area contributed by atoms with Crippen molar-refractivity contribution in [3.05, 3.63) is 0 Å². The van der Waals surface area contributed by atoms with Crippen molar-refractivity contribution in [1.29, 1.82) is 0 Å². The fraction of sp³-hybridized carbons (Fsp3) is 0.889. The van der Waals surface area contributed by atoms with Gasteiger partial charge in [0.25, 0.3) is 0 Å². The molecular weight excluding hydrogens is 170 g/mol. The molecular formula is C9H17NO3. The molecule has 1 rings (SSSR count). The molecule has 76 valence electrons. The van der Waals surface area contributed by atoms with Crippen LogP contribution in [0.2, 0.25) is 0 Å². The highest BCUT2D eigenvalue weighted by Gasteiger charge is 2.34. The molecule has 0 saturated heterocycles. The molecule has 0 radical (unpaired) electrons. The quantitative estimate of drug-likeness (QED) is 0.694. The summed E-state index contributed by atoms with van der Waals surface area (Å²) >= 11 is 0. The van der Waals surface area contributed by atoms with Gasteiger partial charge in [0, 0.05) is 6.54 Å². The number of carbonyl (C=O) groups is 1. The average Bonchev–Trinajstić information content (AvgIpc) is 1.96. The van der Waals surface area contributed by atoms with E-state index in [1.54, 1.807) is 13.8 Å². The Hall–Kier alpha value is -0.770. The first-order valence-electron chi connectivity index (χ1n) is 4.69. The largest absolute Gasteiger partial charge is 0.447 e. The van der Waals surface area contributed by atoms with E-state index >= 15 is 0 Å². The van der Waals surface area contributed by atoms with E-state index in [0.717, 1.165) is 19.3 Å². The fourth-order valence-corrected chi connectivity index (χ4v) is 1.25. The van der Waals surface area contributed by atoms with E-state index in [2.05, 4.69) is 5.32 Å². The Morgan fingerprint density at radius 3 is 2.62 bits per heavy atom. The van der Waals surface area contributed by atoms with Crippen LogP contribution in [0.25, 0.3) is 0 Å². The maximum atomic E-state index is 11.0. The number of rotatable bonds is 3. The first-order chi connectivity index (χ1) is 6.02. The van der Waals surface area contributed by atoms with Gasteiger partial charge in [-0.3, -0.25) is 0 Å². The maximum absolute atomic E-state index is 11.0. The van der Waals surface area contributed by atoms with E-state index in [-0.39, 0.29) is 6.10 Å². The van der Waals surface area contributed by atoms with Crippen LogP contribution < -0.4 is 5.32 Å². The van der Waals surface area contributed by atoms with Crippen LogP contribution in [0.1, 0.15) is 33.1 Å². The molecule has 0 aromatic rings. The molecule has 0 spiro atoms. The van der Waals surface area contributed by atoms with Gasteiger partial charge in [-0.15, -0.1) is 0 Å². The minimum Gasteiger partial charge on any atom is -0.447 e. The van der Waals surface area contributed by atoms with Gasteiger partial charge in [0.1, 0.15) is 0 Å². The highest BCUT2D eigenvalue weighted by atomic mass is 16.6. The highest BCUT2D eigenvalue weighted by molar-refractivity contribution is 5.67. The lowest BCUT2D eigenvalue weighted by Crippen LogP contribution is -2.48. The summed E-state index contributed by atoms with van der Waals surface area (Å²) in [4.78, 5) is 11.0. The topological polar surface area (TPSA) is 58.6 Å². The molecule has 13 heavy (non-hydrogen) atoms. The van der Waals surface area contributed by atoms with Gasteiger partial charge in [0.2, 0.25) is 0 Å². The van der Waals surface area contributed by atoms with E-state index in [9.17, 15) is 9.90 Å². The van der Waals surface area contributed by atoms with Gasteiger partial charge < -0.3 is 15.2 Å². The first kappa shape index (κ1) is 10.3. The summed E-state index contributed by atoms with van der Waals surface area (Å²) in [7, 11) is 0. The molecule has 1 saturated carbocycles. The number of nitrogens with one attached hydrogen (secondary N) is 1. The number of hydrogen-bond donors (Lipinski definition) is 2. The molecule has 0 aromatic carbocycles. The molecule has 0 unspecified atom stereocenters. The average molecular weight is 187 g/mol. The molecule has 0 heterocycles. The van der Waals surface area contributed by atoms with Gasteiger partial charge in [0.05, 0.1) is 11.7 Å². The van der Waals surface area contributed by atoms with E-state index in [0.29, 0.717) is 6.54 Å². The number of amides is 1. The Morgan fingerprint density at radius 1 is 1.62 bits per heavy atom. The second kappa shape index (κ2) is 3.96. The summed E-state index contributed by atoms with van der Waals surface area (Å²) in [5, 5.41) is 12.2. The van der Waals surface area contributed by atoms with Crippen LogP contribution in [-0.2, 0) is 4.74 Å². The predicted molar refractivity (Wildman–Crippen MR) is 48.4 cm³/mol. The van der Waals surface area contributed by atoms with Gasteiger partial charge in [-0.25, -0.2) is 4.79 Å². The van der Waals surface area contributed by atoms with Crippen molar-refractivity contribution in [2.24, 2.45) is 0 Å². The SMILES string of the molecule is CC(C)OC(=O)NCC1(O)CCC1. The molecule has 4 heteroatoms. The van der Waals surface area contributed by atoms with Crippen LogP contribution in [-0.4, -0.2) is 29.4 Å². The molecule has 1 fully saturated rings.